The third-order valence-corrected chi connectivity index (χ3v) is 3.25. The molecule has 0 spiro atoms. The molecule has 6 nitrogen and oxygen atoms in total. The SMILES string of the molecule is CCOc1cc(C=NO)ccc1OCC(=O)Nc1ccccc1C. The third-order valence-electron chi connectivity index (χ3n) is 3.25. The number of oxime groups is 1. The van der Waals surface area contributed by atoms with Crippen molar-refractivity contribution in [3.05, 3.63) is 53.6 Å². The zero-order chi connectivity index (χ0) is 17.4. The number of para-hydroxylation sites is 1. The third kappa shape index (κ3) is 4.74. The van der Waals surface area contributed by atoms with Crippen molar-refractivity contribution in [1.82, 2.24) is 0 Å². The number of ether oxygens (including phenoxy) is 2. The standard InChI is InChI=1S/C18H20N2O4/c1-3-23-17-10-14(11-19-22)8-9-16(17)24-12-18(21)20-15-7-5-4-6-13(15)2/h4-11,22H,3,12H2,1-2H3,(H,20,21). The second kappa shape index (κ2) is 8.57. The number of aryl methyl sites for hydroxylation is 1. The van der Waals surface area contributed by atoms with Gasteiger partial charge in [-0.05, 0) is 43.7 Å². The molecule has 0 fully saturated rings. The van der Waals surface area contributed by atoms with E-state index < -0.39 is 0 Å². The lowest BCUT2D eigenvalue weighted by Gasteiger charge is -2.13. The monoisotopic (exact) mass is 328 g/mol. The van der Waals surface area contributed by atoms with Gasteiger partial charge in [-0.25, -0.2) is 0 Å². The Morgan fingerprint density at radius 2 is 2.00 bits per heavy atom. The van der Waals surface area contributed by atoms with Gasteiger partial charge >= 0.3 is 0 Å². The number of amides is 1. The van der Waals surface area contributed by atoms with Crippen LogP contribution in [0, 0.1) is 6.92 Å². The number of benzene rings is 2. The number of hydrogen-bond acceptors (Lipinski definition) is 5. The van der Waals surface area contributed by atoms with Crippen molar-refractivity contribution in [2.24, 2.45) is 5.16 Å². The van der Waals surface area contributed by atoms with Gasteiger partial charge in [0.1, 0.15) is 0 Å². The molecular formula is C18H20N2O4. The van der Waals surface area contributed by atoms with Crippen LogP contribution in [0.4, 0.5) is 5.69 Å². The molecule has 0 aliphatic carbocycles. The lowest BCUT2D eigenvalue weighted by molar-refractivity contribution is -0.118. The smallest absolute Gasteiger partial charge is 0.262 e. The maximum atomic E-state index is 12.0. The van der Waals surface area contributed by atoms with E-state index >= 15 is 0 Å². The van der Waals surface area contributed by atoms with Crippen molar-refractivity contribution in [3.63, 3.8) is 0 Å². The molecule has 2 aromatic rings. The Balaban J connectivity index is 2.02. The summed E-state index contributed by atoms with van der Waals surface area (Å²) in [5, 5.41) is 14.4. The first-order chi connectivity index (χ1) is 11.6. The molecule has 2 rings (SSSR count). The van der Waals surface area contributed by atoms with Crippen molar-refractivity contribution in [2.45, 2.75) is 13.8 Å². The number of hydrogen-bond donors (Lipinski definition) is 2. The van der Waals surface area contributed by atoms with Gasteiger partial charge in [0.25, 0.3) is 5.91 Å². The molecule has 0 aromatic heterocycles. The fourth-order valence-corrected chi connectivity index (χ4v) is 2.10. The fourth-order valence-electron chi connectivity index (χ4n) is 2.10. The molecule has 6 heteroatoms. The van der Waals surface area contributed by atoms with E-state index in [4.69, 9.17) is 14.7 Å². The van der Waals surface area contributed by atoms with Gasteiger partial charge in [-0.1, -0.05) is 23.4 Å². The molecule has 0 atom stereocenters. The van der Waals surface area contributed by atoms with Gasteiger partial charge in [0.2, 0.25) is 0 Å². The Morgan fingerprint density at radius 1 is 1.21 bits per heavy atom. The average Bonchev–Trinajstić information content (AvgIpc) is 2.57. The molecule has 0 bridgehead atoms. The van der Waals surface area contributed by atoms with E-state index in [0.29, 0.717) is 23.7 Å². The van der Waals surface area contributed by atoms with Crippen LogP contribution in [-0.4, -0.2) is 30.5 Å². The average molecular weight is 328 g/mol. The number of nitrogens with one attached hydrogen (secondary N) is 1. The van der Waals surface area contributed by atoms with Crippen molar-refractivity contribution in [2.75, 3.05) is 18.5 Å². The molecule has 2 N–H and O–H groups in total. The lowest BCUT2D eigenvalue weighted by Crippen LogP contribution is -2.20. The van der Waals surface area contributed by atoms with E-state index in [-0.39, 0.29) is 12.5 Å². The number of anilines is 1. The predicted octanol–water partition coefficient (Wildman–Crippen LogP) is 3.22. The fraction of sp³-hybridized carbons (Fsp3) is 0.222. The summed E-state index contributed by atoms with van der Waals surface area (Å²) in [6.07, 6.45) is 1.29. The van der Waals surface area contributed by atoms with Gasteiger partial charge in [-0.2, -0.15) is 0 Å². The zero-order valence-corrected chi connectivity index (χ0v) is 13.7. The van der Waals surface area contributed by atoms with Crippen LogP contribution < -0.4 is 14.8 Å². The highest BCUT2D eigenvalue weighted by atomic mass is 16.5. The van der Waals surface area contributed by atoms with E-state index in [9.17, 15) is 4.79 Å². The topological polar surface area (TPSA) is 80.2 Å². The maximum Gasteiger partial charge on any atom is 0.262 e. The normalized spacial score (nSPS) is 10.6. The predicted molar refractivity (Wildman–Crippen MR) is 92.3 cm³/mol. The summed E-state index contributed by atoms with van der Waals surface area (Å²) in [7, 11) is 0. The molecule has 2 aromatic carbocycles. The van der Waals surface area contributed by atoms with Gasteiger partial charge in [-0.3, -0.25) is 4.79 Å². The molecule has 0 aliphatic rings. The first-order valence-electron chi connectivity index (χ1n) is 7.56. The molecule has 0 heterocycles. The Kier molecular flexibility index (Phi) is 6.19. The van der Waals surface area contributed by atoms with E-state index in [1.54, 1.807) is 18.2 Å². The lowest BCUT2D eigenvalue weighted by atomic mass is 10.2. The molecule has 1 amide bonds. The molecule has 0 saturated heterocycles. The minimum atomic E-state index is -0.257. The second-order valence-electron chi connectivity index (χ2n) is 5.04. The number of carbonyl (C=O) groups is 1. The summed E-state index contributed by atoms with van der Waals surface area (Å²) in [6, 6.07) is 12.6. The highest BCUT2D eigenvalue weighted by Crippen LogP contribution is 2.28. The highest BCUT2D eigenvalue weighted by Gasteiger charge is 2.10. The van der Waals surface area contributed by atoms with Crippen LogP contribution >= 0.6 is 0 Å². The Morgan fingerprint density at radius 3 is 2.71 bits per heavy atom. The number of carbonyl (C=O) groups excluding carboxylic acids is 1. The summed E-state index contributed by atoms with van der Waals surface area (Å²) < 4.78 is 11.0. The summed E-state index contributed by atoms with van der Waals surface area (Å²) in [6.45, 7) is 4.08. The number of rotatable bonds is 7. The van der Waals surface area contributed by atoms with Crippen molar-refractivity contribution in [1.29, 1.82) is 0 Å². The molecule has 0 aliphatic heterocycles. The first kappa shape index (κ1) is 17.3. The van der Waals surface area contributed by atoms with Gasteiger partial charge < -0.3 is 20.0 Å². The second-order valence-corrected chi connectivity index (χ2v) is 5.04. The quantitative estimate of drug-likeness (QED) is 0.464. The van der Waals surface area contributed by atoms with E-state index in [2.05, 4.69) is 10.5 Å². The van der Waals surface area contributed by atoms with Gasteiger partial charge in [0.05, 0.1) is 12.8 Å². The summed E-state index contributed by atoms with van der Waals surface area (Å²) in [5.41, 5.74) is 2.40. The molecule has 0 saturated carbocycles. The first-order valence-corrected chi connectivity index (χ1v) is 7.56. The highest BCUT2D eigenvalue weighted by molar-refractivity contribution is 5.92. The van der Waals surface area contributed by atoms with E-state index in [0.717, 1.165) is 11.3 Å². The van der Waals surface area contributed by atoms with Gasteiger partial charge in [0, 0.05) is 11.3 Å². The Labute approximate surface area is 140 Å². The van der Waals surface area contributed by atoms with Gasteiger partial charge in [-0.15, -0.1) is 0 Å². The van der Waals surface area contributed by atoms with Crippen LogP contribution in [0.2, 0.25) is 0 Å². The van der Waals surface area contributed by atoms with Crippen LogP contribution in [0.1, 0.15) is 18.1 Å². The molecule has 0 unspecified atom stereocenters. The minimum absolute atomic E-state index is 0.137. The maximum absolute atomic E-state index is 12.0. The van der Waals surface area contributed by atoms with Crippen LogP contribution in [0.5, 0.6) is 11.5 Å². The molecular weight excluding hydrogens is 308 g/mol. The zero-order valence-electron chi connectivity index (χ0n) is 13.7. The van der Waals surface area contributed by atoms with Crippen molar-refractivity contribution < 1.29 is 19.5 Å². The number of nitrogens with zero attached hydrogens (tertiary/aromatic N) is 1. The Bertz CT molecular complexity index is 729. The largest absolute Gasteiger partial charge is 0.490 e. The van der Waals surface area contributed by atoms with Crippen molar-refractivity contribution >= 4 is 17.8 Å². The molecule has 0 radical (unpaired) electrons. The van der Waals surface area contributed by atoms with Crippen LogP contribution in [-0.2, 0) is 4.79 Å². The summed E-state index contributed by atoms with van der Waals surface area (Å²) in [4.78, 5) is 12.0. The summed E-state index contributed by atoms with van der Waals surface area (Å²) >= 11 is 0. The van der Waals surface area contributed by atoms with Crippen LogP contribution in [0.25, 0.3) is 0 Å². The van der Waals surface area contributed by atoms with Crippen LogP contribution in [0.3, 0.4) is 0 Å². The summed E-state index contributed by atoms with van der Waals surface area (Å²) in [5.74, 6) is 0.679. The van der Waals surface area contributed by atoms with E-state index in [1.165, 1.54) is 6.21 Å². The van der Waals surface area contributed by atoms with Gasteiger partial charge in [0.15, 0.2) is 18.1 Å². The van der Waals surface area contributed by atoms with E-state index in [1.807, 2.05) is 38.1 Å². The molecule has 126 valence electrons. The molecule has 24 heavy (non-hydrogen) atoms. The minimum Gasteiger partial charge on any atom is -0.490 e. The van der Waals surface area contributed by atoms with Crippen LogP contribution in [0.15, 0.2) is 47.6 Å². The van der Waals surface area contributed by atoms with Crippen molar-refractivity contribution in [3.8, 4) is 11.5 Å². The Hall–Kier alpha value is -3.02.